The van der Waals surface area contributed by atoms with E-state index in [2.05, 4.69) is 68.6 Å². The summed E-state index contributed by atoms with van der Waals surface area (Å²) in [5.74, 6) is 0.490. The molecule has 8 heteroatoms. The zero-order valence-electron chi connectivity index (χ0n) is 21.1. The molecule has 184 valence electrons. The molecule has 8 nitrogen and oxygen atoms in total. The van der Waals surface area contributed by atoms with Crippen molar-refractivity contribution in [2.75, 3.05) is 39.0 Å². The fraction of sp³-hybridized carbons (Fsp3) is 0.519. The summed E-state index contributed by atoms with van der Waals surface area (Å²) < 4.78 is 4.37. The number of fused-ring (bicyclic) bond motifs is 2. The van der Waals surface area contributed by atoms with Gasteiger partial charge in [-0.05, 0) is 95.4 Å². The normalized spacial score (nSPS) is 20.2. The first-order chi connectivity index (χ1) is 16.9. The minimum absolute atomic E-state index is 0.0264. The molecule has 2 saturated heterocycles. The summed E-state index contributed by atoms with van der Waals surface area (Å²) in [6.07, 6.45) is 9.04. The number of nitrogen functional groups attached to an aromatic ring is 1. The van der Waals surface area contributed by atoms with Crippen molar-refractivity contribution < 1.29 is 0 Å². The maximum absolute atomic E-state index is 6.17. The average Bonchev–Trinajstić information content (AvgIpc) is 3.39. The first kappa shape index (κ1) is 22.5. The van der Waals surface area contributed by atoms with E-state index in [9.17, 15) is 0 Å². The van der Waals surface area contributed by atoms with Crippen LogP contribution in [0.4, 0.5) is 5.82 Å². The molecule has 0 aliphatic carbocycles. The lowest BCUT2D eigenvalue weighted by atomic mass is 9.72. The predicted octanol–water partition coefficient (Wildman–Crippen LogP) is 3.89. The summed E-state index contributed by atoms with van der Waals surface area (Å²) in [5.41, 5.74) is 12.2. The molecule has 0 saturated carbocycles. The van der Waals surface area contributed by atoms with E-state index < -0.39 is 0 Å². The minimum atomic E-state index is 0.0264. The van der Waals surface area contributed by atoms with Crippen LogP contribution in [0.1, 0.15) is 55.6 Å². The lowest BCUT2D eigenvalue weighted by molar-refractivity contribution is 0.0312. The predicted molar refractivity (Wildman–Crippen MR) is 139 cm³/mol. The Morgan fingerprint density at radius 1 is 1.11 bits per heavy atom. The van der Waals surface area contributed by atoms with E-state index in [1.54, 1.807) is 0 Å². The van der Waals surface area contributed by atoms with Gasteiger partial charge in [0.15, 0.2) is 5.65 Å². The van der Waals surface area contributed by atoms with Crippen molar-refractivity contribution >= 4 is 22.4 Å². The third-order valence-corrected chi connectivity index (χ3v) is 8.47. The molecule has 0 radical (unpaired) electrons. The molecule has 0 amide bonds. The molecule has 4 aromatic heterocycles. The van der Waals surface area contributed by atoms with Gasteiger partial charge in [-0.25, -0.2) is 14.6 Å². The van der Waals surface area contributed by atoms with Crippen molar-refractivity contribution in [1.82, 2.24) is 33.9 Å². The first-order valence-corrected chi connectivity index (χ1v) is 12.9. The van der Waals surface area contributed by atoms with Crippen molar-refractivity contribution in [3.05, 3.63) is 53.7 Å². The van der Waals surface area contributed by atoms with Crippen molar-refractivity contribution in [1.29, 1.82) is 0 Å². The maximum atomic E-state index is 6.17. The van der Waals surface area contributed by atoms with Crippen LogP contribution >= 0.6 is 0 Å². The second kappa shape index (κ2) is 8.60. The number of aromatic nitrogens is 5. The van der Waals surface area contributed by atoms with E-state index in [0.29, 0.717) is 11.2 Å². The number of piperidine rings is 2. The highest BCUT2D eigenvalue weighted by Crippen LogP contribution is 2.40. The third kappa shape index (κ3) is 3.89. The molecular formula is C27H36N8. The molecule has 6 rings (SSSR count). The quantitative estimate of drug-likeness (QED) is 0.485. The summed E-state index contributed by atoms with van der Waals surface area (Å²) >= 11 is 0. The minimum Gasteiger partial charge on any atom is -0.383 e. The van der Waals surface area contributed by atoms with Gasteiger partial charge in [0.25, 0.3) is 0 Å². The zero-order valence-corrected chi connectivity index (χ0v) is 21.1. The molecule has 0 bridgehead atoms. The summed E-state index contributed by atoms with van der Waals surface area (Å²) in [6.45, 7) is 9.97. The molecule has 1 spiro atoms. The second-order valence-corrected chi connectivity index (χ2v) is 10.8. The molecule has 2 aliphatic rings. The van der Waals surface area contributed by atoms with Gasteiger partial charge in [-0.1, -0.05) is 6.07 Å². The van der Waals surface area contributed by atoms with E-state index in [1.165, 1.54) is 61.9 Å². The Morgan fingerprint density at radius 2 is 1.94 bits per heavy atom. The maximum Gasteiger partial charge on any atom is 0.164 e. The number of aryl methyl sites for hydroxylation is 1. The van der Waals surface area contributed by atoms with Gasteiger partial charge in [0.05, 0.1) is 17.1 Å². The van der Waals surface area contributed by atoms with Gasteiger partial charge in [0, 0.05) is 30.5 Å². The van der Waals surface area contributed by atoms with Crippen molar-refractivity contribution in [2.45, 2.75) is 52.1 Å². The summed E-state index contributed by atoms with van der Waals surface area (Å²) in [5, 5.41) is 5.71. The van der Waals surface area contributed by atoms with Gasteiger partial charge in [-0.3, -0.25) is 4.90 Å². The topological polar surface area (TPSA) is 80.5 Å². The molecule has 2 aliphatic heterocycles. The van der Waals surface area contributed by atoms with E-state index in [4.69, 9.17) is 10.8 Å². The summed E-state index contributed by atoms with van der Waals surface area (Å²) in [6, 6.07) is 8.76. The van der Waals surface area contributed by atoms with Crippen LogP contribution in [-0.4, -0.2) is 67.2 Å². The lowest BCUT2D eigenvalue weighted by Gasteiger charge is -2.47. The number of nitrogens with zero attached hydrogens (tertiary/aromatic N) is 7. The molecular weight excluding hydrogens is 436 g/mol. The number of pyridine rings is 1. The van der Waals surface area contributed by atoms with Crippen LogP contribution in [0.5, 0.6) is 0 Å². The fourth-order valence-corrected chi connectivity index (χ4v) is 6.56. The van der Waals surface area contributed by atoms with Crippen molar-refractivity contribution in [3.8, 4) is 0 Å². The van der Waals surface area contributed by atoms with E-state index in [0.717, 1.165) is 36.4 Å². The highest BCUT2D eigenvalue weighted by molar-refractivity contribution is 5.88. The van der Waals surface area contributed by atoms with E-state index in [1.807, 2.05) is 11.6 Å². The monoisotopic (exact) mass is 472 g/mol. The van der Waals surface area contributed by atoms with Crippen LogP contribution in [0.2, 0.25) is 0 Å². The van der Waals surface area contributed by atoms with Crippen LogP contribution in [0, 0.1) is 12.3 Å². The van der Waals surface area contributed by atoms with Gasteiger partial charge >= 0.3 is 0 Å². The van der Waals surface area contributed by atoms with E-state index in [-0.39, 0.29) is 6.04 Å². The Hall–Kier alpha value is -2.97. The Bertz CT molecular complexity index is 1360. The van der Waals surface area contributed by atoms with Crippen LogP contribution in [0.25, 0.3) is 16.6 Å². The largest absolute Gasteiger partial charge is 0.383 e. The molecule has 2 fully saturated rings. The number of nitrogens with two attached hydrogens (primary N) is 1. The number of hydrogen-bond acceptors (Lipinski definition) is 6. The van der Waals surface area contributed by atoms with Crippen LogP contribution in [-0.2, 0) is 6.54 Å². The van der Waals surface area contributed by atoms with Gasteiger partial charge in [-0.15, -0.1) is 0 Å². The molecule has 1 atom stereocenters. The smallest absolute Gasteiger partial charge is 0.164 e. The standard InChI is InChI=1S/C27H36N8/c1-19-24-25(28)29-18-30-26(24)35(31-19)20(2)22-15-21-7-4-5-12-34(21)23(22)16-33-13-9-27(10-14-33)8-6-11-32(3)17-27/h4-5,7,12,15,18,20H,6,8-11,13-14,16-17H2,1-3H3,(H2,28,29,30). The van der Waals surface area contributed by atoms with Crippen molar-refractivity contribution in [3.63, 3.8) is 0 Å². The fourth-order valence-electron chi connectivity index (χ4n) is 6.56. The lowest BCUT2D eigenvalue weighted by Crippen LogP contribution is -2.48. The van der Waals surface area contributed by atoms with E-state index >= 15 is 0 Å². The Kier molecular flexibility index (Phi) is 5.53. The second-order valence-electron chi connectivity index (χ2n) is 10.8. The summed E-state index contributed by atoms with van der Waals surface area (Å²) in [4.78, 5) is 13.9. The number of rotatable bonds is 4. The highest BCUT2D eigenvalue weighted by atomic mass is 15.3. The molecule has 0 aromatic carbocycles. The van der Waals surface area contributed by atoms with Gasteiger partial charge in [0.1, 0.15) is 12.1 Å². The molecule has 2 N–H and O–H groups in total. The van der Waals surface area contributed by atoms with Gasteiger partial charge in [-0.2, -0.15) is 5.10 Å². The summed E-state index contributed by atoms with van der Waals surface area (Å²) in [7, 11) is 2.28. The average molecular weight is 473 g/mol. The third-order valence-electron chi connectivity index (χ3n) is 8.47. The first-order valence-electron chi connectivity index (χ1n) is 12.9. The number of anilines is 1. The van der Waals surface area contributed by atoms with Crippen molar-refractivity contribution in [2.24, 2.45) is 5.41 Å². The SMILES string of the molecule is Cc1nn(C(C)c2cc3ccccn3c2CN2CCC3(CCCN(C)C3)CC2)c2ncnc(N)c12. The molecule has 1 unspecified atom stereocenters. The molecule has 35 heavy (non-hydrogen) atoms. The van der Waals surface area contributed by atoms with Gasteiger partial charge < -0.3 is 15.0 Å². The number of hydrogen-bond donors (Lipinski definition) is 1. The molecule has 6 heterocycles. The Morgan fingerprint density at radius 3 is 2.74 bits per heavy atom. The Labute approximate surface area is 206 Å². The van der Waals surface area contributed by atoms with Crippen LogP contribution in [0.15, 0.2) is 36.8 Å². The Balaban J connectivity index is 1.32. The van der Waals surface area contributed by atoms with Crippen LogP contribution < -0.4 is 5.73 Å². The highest BCUT2D eigenvalue weighted by Gasteiger charge is 2.37. The van der Waals surface area contributed by atoms with Gasteiger partial charge in [0.2, 0.25) is 0 Å². The number of likely N-dealkylation sites (tertiary alicyclic amines) is 2. The van der Waals surface area contributed by atoms with Crippen LogP contribution in [0.3, 0.4) is 0 Å². The molecule has 4 aromatic rings. The zero-order chi connectivity index (χ0) is 24.2.